The van der Waals surface area contributed by atoms with Crippen molar-refractivity contribution in [1.82, 2.24) is 10.6 Å². The molecular formula is C12H24N2O. The van der Waals surface area contributed by atoms with Crippen LogP contribution in [0.4, 0.5) is 4.79 Å². The molecule has 15 heavy (non-hydrogen) atoms. The van der Waals surface area contributed by atoms with Crippen LogP contribution in [0.1, 0.15) is 52.9 Å². The molecule has 2 N–H and O–H groups in total. The van der Waals surface area contributed by atoms with Crippen molar-refractivity contribution in [2.75, 3.05) is 6.54 Å². The van der Waals surface area contributed by atoms with Crippen LogP contribution in [0.5, 0.6) is 0 Å². The van der Waals surface area contributed by atoms with E-state index in [9.17, 15) is 4.79 Å². The van der Waals surface area contributed by atoms with Crippen molar-refractivity contribution in [2.45, 2.75) is 58.9 Å². The van der Waals surface area contributed by atoms with Gasteiger partial charge in [-0.2, -0.15) is 0 Å². The zero-order valence-corrected chi connectivity index (χ0v) is 10.2. The van der Waals surface area contributed by atoms with Gasteiger partial charge in [0.2, 0.25) is 0 Å². The van der Waals surface area contributed by atoms with Gasteiger partial charge in [-0.05, 0) is 37.5 Å². The molecule has 1 fully saturated rings. The van der Waals surface area contributed by atoms with Gasteiger partial charge in [0.15, 0.2) is 0 Å². The highest BCUT2D eigenvalue weighted by Crippen LogP contribution is 2.34. The molecule has 0 aromatic carbocycles. The van der Waals surface area contributed by atoms with Gasteiger partial charge in [0.25, 0.3) is 0 Å². The normalized spacial score (nSPS) is 21.0. The number of amides is 2. The van der Waals surface area contributed by atoms with E-state index in [2.05, 4.69) is 31.4 Å². The van der Waals surface area contributed by atoms with E-state index in [1.165, 1.54) is 12.8 Å². The van der Waals surface area contributed by atoms with Crippen molar-refractivity contribution in [1.29, 1.82) is 0 Å². The average Bonchev–Trinajstić information content (AvgIpc) is 2.18. The van der Waals surface area contributed by atoms with Crippen LogP contribution in [0.2, 0.25) is 0 Å². The molecule has 1 aliphatic rings. The third kappa shape index (κ3) is 4.54. The second kappa shape index (κ2) is 5.38. The second-order valence-electron chi connectivity index (χ2n) is 5.34. The van der Waals surface area contributed by atoms with E-state index in [0.717, 1.165) is 25.8 Å². The molecule has 1 aliphatic carbocycles. The Hall–Kier alpha value is -0.730. The second-order valence-corrected chi connectivity index (χ2v) is 5.34. The van der Waals surface area contributed by atoms with Crippen LogP contribution in [0.25, 0.3) is 0 Å². The topological polar surface area (TPSA) is 41.1 Å². The first-order valence-corrected chi connectivity index (χ1v) is 6.08. The van der Waals surface area contributed by atoms with Crippen molar-refractivity contribution in [2.24, 2.45) is 5.41 Å². The molecule has 1 rings (SSSR count). The molecule has 0 bridgehead atoms. The first-order valence-electron chi connectivity index (χ1n) is 6.08. The van der Waals surface area contributed by atoms with Gasteiger partial charge < -0.3 is 10.6 Å². The molecule has 0 unspecified atom stereocenters. The molecule has 3 nitrogen and oxygen atoms in total. The molecule has 3 heteroatoms. The molecule has 1 saturated carbocycles. The zero-order valence-electron chi connectivity index (χ0n) is 10.2. The summed E-state index contributed by atoms with van der Waals surface area (Å²) >= 11 is 0. The Bertz CT molecular complexity index is 204. The van der Waals surface area contributed by atoms with Crippen LogP contribution in [0.3, 0.4) is 0 Å². The summed E-state index contributed by atoms with van der Waals surface area (Å²) in [7, 11) is 0. The standard InChI is InChI=1S/C12H24N2O/c1-4-9-13-11(15)14-10-5-7-12(2,3)8-6-10/h10H,4-9H2,1-3H3,(H2,13,14,15). The Labute approximate surface area is 93.0 Å². The molecule has 0 spiro atoms. The van der Waals surface area contributed by atoms with E-state index in [4.69, 9.17) is 0 Å². The van der Waals surface area contributed by atoms with Crippen molar-refractivity contribution in [3.63, 3.8) is 0 Å². The predicted octanol–water partition coefficient (Wildman–Crippen LogP) is 2.66. The Morgan fingerprint density at radius 2 is 1.93 bits per heavy atom. The number of rotatable bonds is 3. The van der Waals surface area contributed by atoms with Crippen LogP contribution in [0.15, 0.2) is 0 Å². The summed E-state index contributed by atoms with van der Waals surface area (Å²) in [5, 5.41) is 5.89. The molecule has 88 valence electrons. The van der Waals surface area contributed by atoms with E-state index in [1.807, 2.05) is 0 Å². The largest absolute Gasteiger partial charge is 0.338 e. The van der Waals surface area contributed by atoms with Gasteiger partial charge in [-0.25, -0.2) is 4.79 Å². The lowest BCUT2D eigenvalue weighted by Gasteiger charge is -2.34. The van der Waals surface area contributed by atoms with Gasteiger partial charge in [0, 0.05) is 12.6 Å². The van der Waals surface area contributed by atoms with Gasteiger partial charge >= 0.3 is 6.03 Å². The van der Waals surface area contributed by atoms with Gasteiger partial charge in [0.05, 0.1) is 0 Å². The highest BCUT2D eigenvalue weighted by Gasteiger charge is 2.27. The van der Waals surface area contributed by atoms with Gasteiger partial charge in [-0.15, -0.1) is 0 Å². The molecule has 0 radical (unpaired) electrons. The lowest BCUT2D eigenvalue weighted by atomic mass is 9.76. The van der Waals surface area contributed by atoms with E-state index in [1.54, 1.807) is 0 Å². The highest BCUT2D eigenvalue weighted by molar-refractivity contribution is 5.74. The zero-order chi connectivity index (χ0) is 11.3. The molecule has 0 atom stereocenters. The minimum Gasteiger partial charge on any atom is -0.338 e. The molecule has 0 aromatic heterocycles. The van der Waals surface area contributed by atoms with Gasteiger partial charge in [-0.3, -0.25) is 0 Å². The predicted molar refractivity (Wildman–Crippen MR) is 62.9 cm³/mol. The Morgan fingerprint density at radius 3 is 2.47 bits per heavy atom. The fraction of sp³-hybridized carbons (Fsp3) is 0.917. The van der Waals surface area contributed by atoms with Crippen LogP contribution in [0, 0.1) is 5.41 Å². The number of urea groups is 1. The maximum Gasteiger partial charge on any atom is 0.315 e. The number of hydrogen-bond acceptors (Lipinski definition) is 1. The Balaban J connectivity index is 2.21. The Kier molecular flexibility index (Phi) is 4.43. The van der Waals surface area contributed by atoms with Crippen molar-refractivity contribution in [3.05, 3.63) is 0 Å². The first kappa shape index (κ1) is 12.3. The van der Waals surface area contributed by atoms with Crippen LogP contribution in [-0.2, 0) is 0 Å². The van der Waals surface area contributed by atoms with E-state index < -0.39 is 0 Å². The summed E-state index contributed by atoms with van der Waals surface area (Å²) in [5.41, 5.74) is 0.470. The lowest BCUT2D eigenvalue weighted by molar-refractivity contribution is 0.198. The van der Waals surface area contributed by atoms with Crippen molar-refractivity contribution in [3.8, 4) is 0 Å². The van der Waals surface area contributed by atoms with E-state index in [0.29, 0.717) is 11.5 Å². The minimum atomic E-state index is 0.00144. The van der Waals surface area contributed by atoms with Crippen molar-refractivity contribution >= 4 is 6.03 Å². The van der Waals surface area contributed by atoms with Crippen LogP contribution < -0.4 is 10.6 Å². The van der Waals surface area contributed by atoms with Gasteiger partial charge in [0.1, 0.15) is 0 Å². The first-order chi connectivity index (χ1) is 7.03. The quantitative estimate of drug-likeness (QED) is 0.742. The monoisotopic (exact) mass is 212 g/mol. The van der Waals surface area contributed by atoms with Crippen LogP contribution >= 0.6 is 0 Å². The van der Waals surface area contributed by atoms with E-state index in [-0.39, 0.29) is 6.03 Å². The fourth-order valence-electron chi connectivity index (χ4n) is 2.02. The smallest absolute Gasteiger partial charge is 0.315 e. The summed E-state index contributed by atoms with van der Waals surface area (Å²) in [6.07, 6.45) is 5.65. The summed E-state index contributed by atoms with van der Waals surface area (Å²) in [6, 6.07) is 0.386. The molecule has 0 aliphatic heterocycles. The summed E-state index contributed by atoms with van der Waals surface area (Å²) in [6.45, 7) is 7.44. The highest BCUT2D eigenvalue weighted by atomic mass is 16.2. The molecule has 0 heterocycles. The maximum absolute atomic E-state index is 11.4. The Morgan fingerprint density at radius 1 is 1.33 bits per heavy atom. The van der Waals surface area contributed by atoms with Crippen LogP contribution in [-0.4, -0.2) is 18.6 Å². The molecule has 2 amide bonds. The summed E-state index contributed by atoms with van der Waals surface area (Å²) in [5.74, 6) is 0. The maximum atomic E-state index is 11.4. The molecular weight excluding hydrogens is 188 g/mol. The van der Waals surface area contributed by atoms with Gasteiger partial charge in [-0.1, -0.05) is 20.8 Å². The third-order valence-electron chi connectivity index (χ3n) is 3.21. The third-order valence-corrected chi connectivity index (χ3v) is 3.21. The minimum absolute atomic E-state index is 0.00144. The SMILES string of the molecule is CCCNC(=O)NC1CCC(C)(C)CC1. The summed E-state index contributed by atoms with van der Waals surface area (Å²) in [4.78, 5) is 11.4. The average molecular weight is 212 g/mol. The summed E-state index contributed by atoms with van der Waals surface area (Å²) < 4.78 is 0. The number of hydrogen-bond donors (Lipinski definition) is 2. The van der Waals surface area contributed by atoms with Crippen molar-refractivity contribution < 1.29 is 4.79 Å². The fourth-order valence-corrected chi connectivity index (χ4v) is 2.02. The van der Waals surface area contributed by atoms with E-state index >= 15 is 0 Å². The molecule has 0 saturated heterocycles. The molecule has 0 aromatic rings. The number of carbonyl (C=O) groups is 1. The lowest BCUT2D eigenvalue weighted by Crippen LogP contribution is -2.44. The number of nitrogens with one attached hydrogen (secondary N) is 2. The number of carbonyl (C=O) groups excluding carboxylic acids is 1.